The minimum atomic E-state index is -0.560. The molecule has 0 saturated heterocycles. The van der Waals surface area contributed by atoms with Crippen LogP contribution in [0.1, 0.15) is 120 Å². The largest absolute Gasteiger partial charge is 0.192 e. The van der Waals surface area contributed by atoms with Crippen LogP contribution in [0.25, 0.3) is 39.7 Å². The summed E-state index contributed by atoms with van der Waals surface area (Å²) in [6, 6.07) is 52.8. The van der Waals surface area contributed by atoms with E-state index >= 15 is 0 Å². The Morgan fingerprint density at radius 1 is 0.431 bits per heavy atom. The fourth-order valence-corrected chi connectivity index (χ4v) is 14.2. The Labute approximate surface area is 419 Å². The van der Waals surface area contributed by atoms with E-state index in [9.17, 15) is 5.26 Å². The van der Waals surface area contributed by atoms with Gasteiger partial charge in [0.05, 0.1) is 5.41 Å². The monoisotopic (exact) mass is 979 g/mol. The first-order chi connectivity index (χ1) is 31.9. The van der Waals surface area contributed by atoms with Gasteiger partial charge < -0.3 is 0 Å². The Balaban J connectivity index is 1.15. The highest BCUT2D eigenvalue weighted by Crippen LogP contribution is 2.49. The molecule has 8 rings (SSSR count). The maximum atomic E-state index is 9.78. The smallest absolute Gasteiger partial charge is 0.110 e. The second kappa shape index (κ2) is 22.8. The molecule has 0 saturated carbocycles. The number of unbranched alkanes of at least 4 members (excludes halogenated alkanes) is 6. The molecule has 4 aromatic heterocycles. The molecule has 0 aliphatic rings. The maximum Gasteiger partial charge on any atom is 0.110 e. The van der Waals surface area contributed by atoms with Gasteiger partial charge >= 0.3 is 0 Å². The summed E-state index contributed by atoms with van der Waals surface area (Å²) in [5.74, 6) is 2.09. The quantitative estimate of drug-likeness (QED) is 0.0373. The zero-order chi connectivity index (χ0) is 45.2. The summed E-state index contributed by atoms with van der Waals surface area (Å²) in [4.78, 5) is 9.99. The minimum absolute atomic E-state index is 0.560. The van der Waals surface area contributed by atoms with E-state index in [1.807, 2.05) is 34.0 Å². The van der Waals surface area contributed by atoms with E-state index in [-0.39, 0.29) is 0 Å². The van der Waals surface area contributed by atoms with E-state index in [1.165, 1.54) is 141 Å². The van der Waals surface area contributed by atoms with E-state index in [0.717, 1.165) is 17.7 Å². The highest BCUT2D eigenvalue weighted by molar-refractivity contribution is 7.79. The molecule has 0 unspecified atom stereocenters. The third kappa shape index (κ3) is 10.7. The standard InChI is InChI=1S/C57H57NS7/c1-3-5-7-9-11-43-33-49(35-58)62-55(43)52-31-29-50(63-52)51-30-32-53(64-51)56-44(12-10-8-6-4-2)34-54(65-56)42-19-27-48(28-20-42)57(45-21-13-39(36-59)14-22-45,46-23-15-40(37-60)16-24-46)47-25-17-41(38-61)18-26-47/h13-34,59-61H,3-12,36-38H2,1-2H3. The summed E-state index contributed by atoms with van der Waals surface area (Å²) in [7, 11) is 0. The summed E-state index contributed by atoms with van der Waals surface area (Å²) in [5, 5.41) is 9.78. The van der Waals surface area contributed by atoms with Crippen LogP contribution in [-0.4, -0.2) is 0 Å². The van der Waals surface area contributed by atoms with Crippen LogP contribution >= 0.6 is 83.2 Å². The summed E-state index contributed by atoms with van der Waals surface area (Å²) in [6.07, 6.45) is 12.0. The molecule has 0 aliphatic heterocycles. The Hall–Kier alpha value is -3.78. The van der Waals surface area contributed by atoms with E-state index < -0.39 is 5.41 Å². The van der Waals surface area contributed by atoms with Crippen molar-refractivity contribution in [1.29, 1.82) is 5.26 Å². The van der Waals surface area contributed by atoms with Crippen LogP contribution in [0.2, 0.25) is 0 Å². The average Bonchev–Trinajstić information content (AvgIpc) is 4.20. The third-order valence-corrected chi connectivity index (χ3v) is 18.7. The molecule has 8 aromatic rings. The number of nitriles is 1. The predicted octanol–water partition coefficient (Wildman–Crippen LogP) is 18.4. The first kappa shape index (κ1) is 47.7. The van der Waals surface area contributed by atoms with Gasteiger partial charge in [0.25, 0.3) is 0 Å². The van der Waals surface area contributed by atoms with Gasteiger partial charge in [-0.05, 0) is 118 Å². The molecule has 4 aromatic carbocycles. The van der Waals surface area contributed by atoms with Gasteiger partial charge in [0.15, 0.2) is 0 Å². The van der Waals surface area contributed by atoms with Crippen molar-refractivity contribution in [3.8, 4) is 45.8 Å². The summed E-state index contributed by atoms with van der Waals surface area (Å²) in [5.41, 5.74) is 11.9. The molecule has 8 heteroatoms. The first-order valence-electron chi connectivity index (χ1n) is 23.0. The fraction of sp³-hybridized carbons (Fsp3) is 0.281. The number of benzene rings is 4. The van der Waals surface area contributed by atoms with Crippen molar-refractivity contribution < 1.29 is 0 Å². The van der Waals surface area contributed by atoms with Crippen molar-refractivity contribution in [2.75, 3.05) is 0 Å². The number of hydrogen-bond acceptors (Lipinski definition) is 8. The minimum Gasteiger partial charge on any atom is -0.192 e. The lowest BCUT2D eigenvalue weighted by Gasteiger charge is -2.37. The van der Waals surface area contributed by atoms with Crippen LogP contribution in [0.4, 0.5) is 0 Å². The van der Waals surface area contributed by atoms with Crippen LogP contribution in [0, 0.1) is 11.3 Å². The van der Waals surface area contributed by atoms with Crippen molar-refractivity contribution in [2.24, 2.45) is 0 Å². The molecule has 0 spiro atoms. The number of thiol groups is 3. The molecule has 0 amide bonds. The number of aryl methyl sites for hydroxylation is 2. The maximum absolute atomic E-state index is 9.78. The fourth-order valence-electron chi connectivity index (χ4n) is 8.98. The van der Waals surface area contributed by atoms with Gasteiger partial charge in [-0.15, -0.1) is 45.3 Å². The molecule has 0 atom stereocenters. The normalized spacial score (nSPS) is 11.6. The van der Waals surface area contributed by atoms with Crippen LogP contribution < -0.4 is 0 Å². The number of hydrogen-bond donors (Lipinski definition) is 3. The Bertz CT molecular complexity index is 2680. The number of rotatable bonds is 21. The summed E-state index contributed by atoms with van der Waals surface area (Å²) >= 11 is 21.2. The lowest BCUT2D eigenvalue weighted by molar-refractivity contribution is 0.668. The average molecular weight is 981 g/mol. The molecular weight excluding hydrogens is 923 g/mol. The van der Waals surface area contributed by atoms with Crippen molar-refractivity contribution in [3.05, 3.63) is 188 Å². The Morgan fingerprint density at radius 3 is 1.25 bits per heavy atom. The van der Waals surface area contributed by atoms with Crippen LogP contribution in [-0.2, 0) is 35.5 Å². The van der Waals surface area contributed by atoms with Crippen molar-refractivity contribution >= 4 is 83.2 Å². The summed E-state index contributed by atoms with van der Waals surface area (Å²) < 4.78 is 0. The second-order valence-electron chi connectivity index (χ2n) is 16.9. The highest BCUT2D eigenvalue weighted by atomic mass is 32.1. The van der Waals surface area contributed by atoms with E-state index in [1.54, 1.807) is 11.3 Å². The van der Waals surface area contributed by atoms with Crippen molar-refractivity contribution in [2.45, 2.75) is 101 Å². The van der Waals surface area contributed by atoms with E-state index in [4.69, 9.17) is 0 Å². The molecule has 1 nitrogen and oxygen atoms in total. The van der Waals surface area contributed by atoms with Gasteiger partial charge in [-0.25, -0.2) is 0 Å². The van der Waals surface area contributed by atoms with Gasteiger partial charge in [-0.1, -0.05) is 149 Å². The number of nitrogens with zero attached hydrogens (tertiary/aromatic N) is 1. The van der Waals surface area contributed by atoms with Crippen LogP contribution in [0.15, 0.2) is 133 Å². The van der Waals surface area contributed by atoms with Gasteiger partial charge in [0.2, 0.25) is 0 Å². The lowest BCUT2D eigenvalue weighted by Crippen LogP contribution is -2.31. The zero-order valence-corrected chi connectivity index (χ0v) is 43.3. The van der Waals surface area contributed by atoms with E-state index in [0.29, 0.717) is 17.3 Å². The first-order valence-corrected chi connectivity index (χ1v) is 28.2. The molecule has 0 aliphatic carbocycles. The lowest BCUT2D eigenvalue weighted by atomic mass is 9.65. The van der Waals surface area contributed by atoms with E-state index in [2.05, 4.69) is 191 Å². The van der Waals surface area contributed by atoms with Gasteiger partial charge in [-0.2, -0.15) is 43.1 Å². The Kier molecular flexibility index (Phi) is 16.7. The van der Waals surface area contributed by atoms with Crippen molar-refractivity contribution in [3.63, 3.8) is 0 Å². The van der Waals surface area contributed by atoms with Crippen molar-refractivity contribution in [1.82, 2.24) is 0 Å². The molecule has 0 bridgehead atoms. The molecule has 0 radical (unpaired) electrons. The SMILES string of the molecule is CCCCCCc1cc(C#N)sc1-c1ccc(-c2ccc(-c3sc(-c4ccc(C(c5ccc(CS)cc5)(c5ccc(CS)cc5)c5ccc(CS)cc5)cc4)cc3CCCCCC)s2)s1. The molecular formula is C57H57NS7. The zero-order valence-electron chi connectivity index (χ0n) is 37.3. The Morgan fingerprint density at radius 2 is 0.831 bits per heavy atom. The molecule has 332 valence electrons. The molecule has 0 fully saturated rings. The van der Waals surface area contributed by atoms with Gasteiger partial charge in [-0.3, -0.25) is 0 Å². The van der Waals surface area contributed by atoms with Gasteiger partial charge in [0.1, 0.15) is 10.9 Å². The topological polar surface area (TPSA) is 23.8 Å². The van der Waals surface area contributed by atoms with Crippen LogP contribution in [0.5, 0.6) is 0 Å². The third-order valence-electron chi connectivity index (χ3n) is 12.5. The molecule has 0 N–H and O–H groups in total. The molecule has 65 heavy (non-hydrogen) atoms. The highest BCUT2D eigenvalue weighted by Gasteiger charge is 2.38. The molecule has 4 heterocycles. The number of thiophene rings is 4. The van der Waals surface area contributed by atoms with Gasteiger partial charge in [0, 0.05) is 51.4 Å². The summed E-state index contributed by atoms with van der Waals surface area (Å²) in [6.45, 7) is 4.54. The predicted molar refractivity (Wildman–Crippen MR) is 296 cm³/mol. The second-order valence-corrected chi connectivity index (χ2v) is 22.1. The van der Waals surface area contributed by atoms with Crippen LogP contribution in [0.3, 0.4) is 0 Å².